The van der Waals surface area contributed by atoms with Gasteiger partial charge in [0.05, 0.1) is 23.2 Å². The average molecular weight is 426 g/mol. The van der Waals surface area contributed by atoms with E-state index in [0.29, 0.717) is 24.5 Å². The van der Waals surface area contributed by atoms with Crippen molar-refractivity contribution >= 4 is 32.8 Å². The number of fused-ring (bicyclic) bond motifs is 1. The van der Waals surface area contributed by atoms with Crippen LogP contribution in [-0.2, 0) is 21.4 Å². The number of imidazole rings is 1. The molecule has 2 aromatic carbocycles. The maximum Gasteiger partial charge on any atom is 0.245 e. The van der Waals surface area contributed by atoms with Crippen LogP contribution in [0.15, 0.2) is 68.3 Å². The van der Waals surface area contributed by atoms with Gasteiger partial charge in [0, 0.05) is 19.0 Å². The number of H-pyrrole nitrogens is 1. The molecule has 5 rings (SSSR count). The molecule has 0 aliphatic carbocycles. The van der Waals surface area contributed by atoms with Crippen molar-refractivity contribution < 1.29 is 8.42 Å². The lowest BCUT2D eigenvalue weighted by Gasteiger charge is -2.31. The topological polar surface area (TPSA) is 90.8 Å². The third kappa shape index (κ3) is 3.35. The Hall–Kier alpha value is -2.62. The van der Waals surface area contributed by atoms with Crippen molar-refractivity contribution in [3.05, 3.63) is 60.6 Å². The first-order valence-corrected chi connectivity index (χ1v) is 11.6. The molecule has 0 bridgehead atoms. The molecular weight excluding hydrogens is 406 g/mol. The Morgan fingerprint density at radius 2 is 1.93 bits per heavy atom. The van der Waals surface area contributed by atoms with Crippen LogP contribution in [0.3, 0.4) is 0 Å². The smallest absolute Gasteiger partial charge is 0.245 e. The maximum atomic E-state index is 13.3. The fraction of sp³-hybridized carbons (Fsp3) is 0.250. The van der Waals surface area contributed by atoms with Crippen LogP contribution in [-0.4, -0.2) is 35.8 Å². The molecule has 1 saturated heterocycles. The van der Waals surface area contributed by atoms with Crippen LogP contribution >= 0.6 is 0 Å². The van der Waals surface area contributed by atoms with E-state index in [9.17, 15) is 8.42 Å². The Labute approximate surface area is 172 Å². The third-order valence-corrected chi connectivity index (χ3v) is 7.76. The summed E-state index contributed by atoms with van der Waals surface area (Å²) in [6.45, 7) is 0.900. The number of nitrogens with zero attached hydrogens (tertiary/aromatic N) is 4. The summed E-state index contributed by atoms with van der Waals surface area (Å²) in [5, 5.41) is 0. The summed E-state index contributed by atoms with van der Waals surface area (Å²) in [5.41, 5.74) is 3.07. The second-order valence-corrected chi connectivity index (χ2v) is 9.57. The zero-order valence-electron chi connectivity index (χ0n) is 15.5. The number of piperidine rings is 1. The number of aromatic amines is 1. The molecule has 2 aliphatic heterocycles. The summed E-state index contributed by atoms with van der Waals surface area (Å²) in [7, 11) is -3.65. The van der Waals surface area contributed by atoms with E-state index in [2.05, 4.69) is 18.7 Å². The van der Waals surface area contributed by atoms with E-state index in [4.69, 9.17) is 0 Å². The second-order valence-electron chi connectivity index (χ2n) is 7.14. The van der Waals surface area contributed by atoms with E-state index in [1.807, 2.05) is 36.5 Å². The molecule has 3 aromatic rings. The van der Waals surface area contributed by atoms with Gasteiger partial charge in [-0.05, 0) is 30.5 Å². The summed E-state index contributed by atoms with van der Waals surface area (Å²) < 4.78 is 36.6. The molecule has 29 heavy (non-hydrogen) atoms. The monoisotopic (exact) mass is 425 g/mol. The number of hydrogen-bond acceptors (Lipinski definition) is 5. The molecule has 7 nitrogen and oxygen atoms in total. The van der Waals surface area contributed by atoms with Gasteiger partial charge in [-0.2, -0.15) is 13.0 Å². The van der Waals surface area contributed by atoms with Gasteiger partial charge >= 0.3 is 0 Å². The summed E-state index contributed by atoms with van der Waals surface area (Å²) in [4.78, 5) is 8.16. The van der Waals surface area contributed by atoms with Gasteiger partial charge in [-0.1, -0.05) is 36.4 Å². The largest absolute Gasteiger partial charge is 0.342 e. The van der Waals surface area contributed by atoms with Crippen molar-refractivity contribution in [1.29, 1.82) is 0 Å². The molecular formula is C20H19N5O2S2. The highest BCUT2D eigenvalue weighted by molar-refractivity contribution is 7.89. The fourth-order valence-corrected chi connectivity index (χ4v) is 6.10. The molecule has 3 heterocycles. The predicted molar refractivity (Wildman–Crippen MR) is 113 cm³/mol. The Balaban J connectivity index is 1.41. The van der Waals surface area contributed by atoms with Gasteiger partial charge in [-0.3, -0.25) is 0 Å². The normalized spacial score (nSPS) is 19.1. The lowest BCUT2D eigenvalue weighted by molar-refractivity contribution is 0.310. The minimum absolute atomic E-state index is 0.0312. The first-order valence-electron chi connectivity index (χ1n) is 9.45. The molecule has 1 atom stereocenters. The SMILES string of the molecule is O=S(=O)(c1cccc2c1N=S=N2)N1CCCC(c2ncc(-c3ccccc3)[nH]2)C1. The Morgan fingerprint density at radius 3 is 2.79 bits per heavy atom. The summed E-state index contributed by atoms with van der Waals surface area (Å²) in [6, 6.07) is 15.1. The minimum atomic E-state index is -3.65. The zero-order valence-corrected chi connectivity index (χ0v) is 17.2. The van der Waals surface area contributed by atoms with Crippen LogP contribution in [0.5, 0.6) is 0 Å². The van der Waals surface area contributed by atoms with Gasteiger partial charge in [0.1, 0.15) is 22.1 Å². The molecule has 1 N–H and O–H groups in total. The molecule has 1 fully saturated rings. The number of nitrogens with one attached hydrogen (secondary N) is 1. The standard InChI is InChI=1S/C20H19N5O2S2/c26-29(27,18-10-4-9-16-19(18)24-28-23-16)25-11-5-8-15(13-25)20-21-12-17(22-20)14-6-2-1-3-7-14/h1-4,6-7,9-10,12,15H,5,8,11,13H2,(H,21,22). The first kappa shape index (κ1) is 18.4. The highest BCUT2D eigenvalue weighted by Crippen LogP contribution is 2.40. The fourth-order valence-electron chi connectivity index (χ4n) is 3.82. The van der Waals surface area contributed by atoms with Crippen LogP contribution in [0, 0.1) is 0 Å². The minimum Gasteiger partial charge on any atom is -0.342 e. The van der Waals surface area contributed by atoms with Crippen molar-refractivity contribution in [2.24, 2.45) is 8.73 Å². The molecule has 1 unspecified atom stereocenters. The van der Waals surface area contributed by atoms with E-state index in [-0.39, 0.29) is 10.8 Å². The first-order chi connectivity index (χ1) is 14.1. The van der Waals surface area contributed by atoms with Crippen molar-refractivity contribution in [1.82, 2.24) is 14.3 Å². The maximum absolute atomic E-state index is 13.3. The second kappa shape index (κ2) is 7.33. The lowest BCUT2D eigenvalue weighted by Crippen LogP contribution is -2.39. The van der Waals surface area contributed by atoms with Gasteiger partial charge < -0.3 is 4.98 Å². The van der Waals surface area contributed by atoms with Crippen molar-refractivity contribution in [2.75, 3.05) is 13.1 Å². The van der Waals surface area contributed by atoms with Crippen molar-refractivity contribution in [3.63, 3.8) is 0 Å². The van der Waals surface area contributed by atoms with Crippen molar-refractivity contribution in [2.45, 2.75) is 23.7 Å². The third-order valence-electron chi connectivity index (χ3n) is 5.32. The molecule has 148 valence electrons. The molecule has 0 saturated carbocycles. The molecule has 0 amide bonds. The highest BCUT2D eigenvalue weighted by atomic mass is 32.2. The molecule has 0 radical (unpaired) electrons. The zero-order chi connectivity index (χ0) is 19.8. The van der Waals surface area contributed by atoms with E-state index in [0.717, 1.165) is 41.3 Å². The van der Waals surface area contributed by atoms with Gasteiger partial charge in [-0.25, -0.2) is 13.4 Å². The quantitative estimate of drug-likeness (QED) is 0.526. The predicted octanol–water partition coefficient (Wildman–Crippen LogP) is 4.37. The Bertz CT molecular complexity index is 1230. The Kier molecular flexibility index (Phi) is 4.65. The molecule has 1 aromatic heterocycles. The van der Waals surface area contributed by atoms with Gasteiger partial charge in [0.2, 0.25) is 10.0 Å². The number of aromatic nitrogens is 2. The van der Waals surface area contributed by atoms with Gasteiger partial charge in [0.25, 0.3) is 0 Å². The van der Waals surface area contributed by atoms with Crippen LogP contribution in [0.1, 0.15) is 24.6 Å². The van der Waals surface area contributed by atoms with E-state index < -0.39 is 10.0 Å². The number of benzene rings is 2. The average Bonchev–Trinajstić information content (AvgIpc) is 3.44. The number of sulfonamides is 1. The number of hydrogen-bond donors (Lipinski definition) is 1. The Morgan fingerprint density at radius 1 is 1.07 bits per heavy atom. The van der Waals surface area contributed by atoms with E-state index >= 15 is 0 Å². The summed E-state index contributed by atoms with van der Waals surface area (Å²) in [6.07, 6.45) is 3.51. The summed E-state index contributed by atoms with van der Waals surface area (Å²) >= 11 is 1.03. The summed E-state index contributed by atoms with van der Waals surface area (Å²) in [5.74, 6) is 0.862. The van der Waals surface area contributed by atoms with E-state index in [1.165, 1.54) is 0 Å². The number of rotatable bonds is 4. The molecule has 9 heteroatoms. The van der Waals surface area contributed by atoms with Gasteiger partial charge in [-0.15, -0.1) is 0 Å². The van der Waals surface area contributed by atoms with Crippen LogP contribution in [0.25, 0.3) is 11.3 Å². The van der Waals surface area contributed by atoms with E-state index in [1.54, 1.807) is 22.5 Å². The van der Waals surface area contributed by atoms with Gasteiger partial charge in [0.15, 0.2) is 0 Å². The van der Waals surface area contributed by atoms with Crippen LogP contribution in [0.4, 0.5) is 11.4 Å². The van der Waals surface area contributed by atoms with Crippen molar-refractivity contribution in [3.8, 4) is 11.3 Å². The molecule has 2 aliphatic rings. The molecule has 0 spiro atoms. The lowest BCUT2D eigenvalue weighted by atomic mass is 9.99. The highest BCUT2D eigenvalue weighted by Gasteiger charge is 2.34. The van der Waals surface area contributed by atoms with Crippen LogP contribution < -0.4 is 0 Å². The van der Waals surface area contributed by atoms with Crippen LogP contribution in [0.2, 0.25) is 0 Å².